The molecule has 0 aromatic heterocycles. The zero-order valence-electron chi connectivity index (χ0n) is 13.2. The zero-order valence-corrected chi connectivity index (χ0v) is 13.2. The van der Waals surface area contributed by atoms with Gasteiger partial charge in [-0.05, 0) is 39.3 Å². The van der Waals surface area contributed by atoms with Gasteiger partial charge in [-0.25, -0.2) is 13.2 Å². The number of halogens is 3. The molecule has 0 bridgehead atoms. The lowest BCUT2D eigenvalue weighted by Crippen LogP contribution is -2.33. The van der Waals surface area contributed by atoms with E-state index in [1.165, 1.54) is 4.90 Å². The van der Waals surface area contributed by atoms with E-state index >= 15 is 0 Å². The Morgan fingerprint density at radius 1 is 1.17 bits per heavy atom. The summed E-state index contributed by atoms with van der Waals surface area (Å²) in [6.07, 6.45) is 0.410. The molecule has 1 aromatic rings. The first-order valence-electron chi connectivity index (χ1n) is 7.25. The first-order chi connectivity index (χ1) is 10.6. The van der Waals surface area contributed by atoms with E-state index in [0.29, 0.717) is 18.6 Å². The lowest BCUT2D eigenvalue weighted by molar-refractivity contribution is -0.159. The summed E-state index contributed by atoms with van der Waals surface area (Å²) in [7, 11) is 0. The van der Waals surface area contributed by atoms with Crippen molar-refractivity contribution in [1.82, 2.24) is 4.90 Å². The molecule has 1 unspecified atom stereocenters. The maximum absolute atomic E-state index is 13.2. The van der Waals surface area contributed by atoms with E-state index < -0.39 is 40.8 Å². The van der Waals surface area contributed by atoms with Crippen LogP contribution >= 0.6 is 0 Å². The molecule has 1 atom stereocenters. The molecule has 126 valence electrons. The summed E-state index contributed by atoms with van der Waals surface area (Å²) in [4.78, 5) is 25.5. The van der Waals surface area contributed by atoms with Crippen molar-refractivity contribution >= 4 is 11.9 Å². The Hall–Kier alpha value is -2.05. The van der Waals surface area contributed by atoms with Crippen LogP contribution in [0, 0.1) is 23.4 Å². The fourth-order valence-corrected chi connectivity index (χ4v) is 2.38. The number of benzene rings is 1. The molecule has 1 amide bonds. The van der Waals surface area contributed by atoms with E-state index in [4.69, 9.17) is 4.74 Å². The molecular weight excluding hydrogens is 311 g/mol. The summed E-state index contributed by atoms with van der Waals surface area (Å²) < 4.78 is 44.6. The van der Waals surface area contributed by atoms with Gasteiger partial charge in [0, 0.05) is 18.7 Å². The number of esters is 1. The summed E-state index contributed by atoms with van der Waals surface area (Å²) in [6, 6.07) is 1.31. The third-order valence-corrected chi connectivity index (χ3v) is 3.45. The normalized spacial score (nSPS) is 18.2. The van der Waals surface area contributed by atoms with Crippen LogP contribution in [0.2, 0.25) is 0 Å². The third-order valence-electron chi connectivity index (χ3n) is 3.45. The smallest absolute Gasteiger partial charge is 0.311 e. The van der Waals surface area contributed by atoms with Crippen LogP contribution in [-0.2, 0) is 9.53 Å². The first kappa shape index (κ1) is 17.3. The molecule has 4 nitrogen and oxygen atoms in total. The maximum atomic E-state index is 13.2. The third kappa shape index (κ3) is 4.03. The Morgan fingerprint density at radius 2 is 1.74 bits per heavy atom. The van der Waals surface area contributed by atoms with E-state index in [-0.39, 0.29) is 18.7 Å². The average molecular weight is 329 g/mol. The largest absolute Gasteiger partial charge is 0.460 e. The minimum absolute atomic E-state index is 0.106. The van der Waals surface area contributed by atoms with Gasteiger partial charge < -0.3 is 9.64 Å². The molecule has 1 saturated heterocycles. The first-order valence-corrected chi connectivity index (χ1v) is 7.25. The number of rotatable bonds is 2. The van der Waals surface area contributed by atoms with Crippen LogP contribution in [0.4, 0.5) is 13.2 Å². The summed E-state index contributed by atoms with van der Waals surface area (Å²) >= 11 is 0. The lowest BCUT2D eigenvalue weighted by Gasteiger charge is -2.22. The van der Waals surface area contributed by atoms with E-state index in [0.717, 1.165) is 0 Å². The fourth-order valence-electron chi connectivity index (χ4n) is 2.38. The molecule has 2 rings (SSSR count). The zero-order chi connectivity index (χ0) is 17.4. The van der Waals surface area contributed by atoms with Crippen LogP contribution in [0.1, 0.15) is 37.6 Å². The highest BCUT2D eigenvalue weighted by molar-refractivity contribution is 5.94. The van der Waals surface area contributed by atoms with Crippen LogP contribution < -0.4 is 0 Å². The maximum Gasteiger partial charge on any atom is 0.311 e. The minimum atomic E-state index is -1.62. The number of carbonyl (C=O) groups excluding carboxylic acids is 2. The van der Waals surface area contributed by atoms with Crippen molar-refractivity contribution in [1.29, 1.82) is 0 Å². The second-order valence-electron chi connectivity index (χ2n) is 6.52. The second kappa shape index (κ2) is 6.22. The standard InChI is InChI=1S/C16H18F3NO3/c1-16(2,3)23-15(22)9-4-5-20(8-9)14(21)10-6-11(17)13(19)12(18)7-10/h6-7,9H,4-5,8H2,1-3H3. The van der Waals surface area contributed by atoms with Gasteiger partial charge in [0.2, 0.25) is 0 Å². The number of hydrogen-bond donors (Lipinski definition) is 0. The van der Waals surface area contributed by atoms with Gasteiger partial charge in [-0.1, -0.05) is 0 Å². The highest BCUT2D eigenvalue weighted by Crippen LogP contribution is 2.23. The number of ether oxygens (including phenoxy) is 1. The summed E-state index contributed by atoms with van der Waals surface area (Å²) in [6.45, 7) is 5.60. The molecule has 0 saturated carbocycles. The van der Waals surface area contributed by atoms with Crippen molar-refractivity contribution in [3.63, 3.8) is 0 Å². The topological polar surface area (TPSA) is 46.6 Å². The number of hydrogen-bond acceptors (Lipinski definition) is 3. The van der Waals surface area contributed by atoms with Gasteiger partial charge in [-0.2, -0.15) is 0 Å². The summed E-state index contributed by atoms with van der Waals surface area (Å²) in [5.74, 6) is -5.99. The van der Waals surface area contributed by atoms with Crippen molar-refractivity contribution in [2.24, 2.45) is 5.92 Å². The number of amides is 1. The van der Waals surface area contributed by atoms with Crippen LogP contribution in [0.15, 0.2) is 12.1 Å². The van der Waals surface area contributed by atoms with Crippen molar-refractivity contribution in [3.8, 4) is 0 Å². The molecule has 0 spiro atoms. The minimum Gasteiger partial charge on any atom is -0.460 e. The molecule has 1 aliphatic rings. The van der Waals surface area contributed by atoms with Gasteiger partial charge in [-0.3, -0.25) is 9.59 Å². The quantitative estimate of drug-likeness (QED) is 0.619. The molecule has 0 aliphatic carbocycles. The van der Waals surface area contributed by atoms with Crippen molar-refractivity contribution in [3.05, 3.63) is 35.1 Å². The molecule has 1 aliphatic heterocycles. The van der Waals surface area contributed by atoms with E-state index in [9.17, 15) is 22.8 Å². The molecule has 0 N–H and O–H groups in total. The number of likely N-dealkylation sites (tertiary alicyclic amines) is 1. The lowest BCUT2D eigenvalue weighted by atomic mass is 10.1. The molecule has 0 radical (unpaired) electrons. The predicted molar refractivity (Wildman–Crippen MR) is 76.2 cm³/mol. The van der Waals surface area contributed by atoms with E-state index in [1.54, 1.807) is 20.8 Å². The molecular formula is C16H18F3NO3. The Balaban J connectivity index is 2.07. The number of carbonyl (C=O) groups is 2. The Morgan fingerprint density at radius 3 is 2.26 bits per heavy atom. The molecule has 1 fully saturated rings. The van der Waals surface area contributed by atoms with E-state index in [2.05, 4.69) is 0 Å². The highest BCUT2D eigenvalue weighted by atomic mass is 19.2. The highest BCUT2D eigenvalue weighted by Gasteiger charge is 2.34. The second-order valence-corrected chi connectivity index (χ2v) is 6.52. The molecule has 23 heavy (non-hydrogen) atoms. The van der Waals surface area contributed by atoms with Crippen molar-refractivity contribution in [2.45, 2.75) is 32.8 Å². The van der Waals surface area contributed by atoms with Gasteiger partial charge >= 0.3 is 5.97 Å². The van der Waals surface area contributed by atoms with Crippen LogP contribution in [0.3, 0.4) is 0 Å². The SMILES string of the molecule is CC(C)(C)OC(=O)C1CCN(C(=O)c2cc(F)c(F)c(F)c2)C1. The van der Waals surface area contributed by atoms with Gasteiger partial charge in [0.25, 0.3) is 5.91 Å². The Kier molecular flexibility index (Phi) is 4.68. The van der Waals surface area contributed by atoms with Crippen LogP contribution in [0.5, 0.6) is 0 Å². The molecule has 7 heteroatoms. The predicted octanol–water partition coefficient (Wildman–Crippen LogP) is 2.91. The van der Waals surface area contributed by atoms with Crippen molar-refractivity contribution < 1.29 is 27.5 Å². The fraction of sp³-hybridized carbons (Fsp3) is 0.500. The van der Waals surface area contributed by atoms with Gasteiger partial charge in [-0.15, -0.1) is 0 Å². The average Bonchev–Trinajstić information content (AvgIpc) is 2.91. The monoisotopic (exact) mass is 329 g/mol. The molecule has 1 heterocycles. The van der Waals surface area contributed by atoms with Crippen molar-refractivity contribution in [2.75, 3.05) is 13.1 Å². The van der Waals surface area contributed by atoms with Gasteiger partial charge in [0.05, 0.1) is 5.92 Å². The van der Waals surface area contributed by atoms with Gasteiger partial charge in [0.1, 0.15) is 5.60 Å². The summed E-state index contributed by atoms with van der Waals surface area (Å²) in [5.41, 5.74) is -0.913. The molecule has 1 aromatic carbocycles. The van der Waals surface area contributed by atoms with Gasteiger partial charge in [0.15, 0.2) is 17.5 Å². The summed E-state index contributed by atoms with van der Waals surface area (Å²) in [5, 5.41) is 0. The van der Waals surface area contributed by atoms with Crippen LogP contribution in [0.25, 0.3) is 0 Å². The Labute approximate surface area is 132 Å². The Bertz CT molecular complexity index is 617. The van der Waals surface area contributed by atoms with E-state index in [1.807, 2.05) is 0 Å². The number of nitrogens with zero attached hydrogens (tertiary/aromatic N) is 1. The van der Waals surface area contributed by atoms with Crippen LogP contribution in [-0.4, -0.2) is 35.5 Å².